The van der Waals surface area contributed by atoms with Gasteiger partial charge in [0.2, 0.25) is 0 Å². The maximum atomic E-state index is 12.9. The number of anilines is 1. The predicted octanol–water partition coefficient (Wildman–Crippen LogP) is 9.21. The number of ether oxygens (including phenoxy) is 4. The Morgan fingerprint density at radius 2 is 1.26 bits per heavy atom. The number of phosphoric acid groups is 2. The van der Waals surface area contributed by atoms with Gasteiger partial charge in [-0.25, -0.2) is 13.9 Å². The molecular formula is C48H83N3O16P2. The Hall–Kier alpha value is -2.80. The van der Waals surface area contributed by atoms with Gasteiger partial charge in [-0.05, 0) is 70.3 Å². The van der Waals surface area contributed by atoms with Gasteiger partial charge < -0.3 is 44.7 Å². The third-order valence-electron chi connectivity index (χ3n) is 11.9. The van der Waals surface area contributed by atoms with Crippen LogP contribution in [0.2, 0.25) is 0 Å². The number of hydrogen-bond acceptors (Lipinski definition) is 16. The fraction of sp³-hybridized carbons (Fsp3) is 0.792. The minimum atomic E-state index is -5.43. The van der Waals surface area contributed by atoms with E-state index in [0.29, 0.717) is 25.0 Å². The van der Waals surface area contributed by atoms with Gasteiger partial charge in [0.25, 0.3) is 0 Å². The van der Waals surface area contributed by atoms with Crippen LogP contribution in [-0.2, 0) is 51.0 Å². The first-order chi connectivity index (χ1) is 33.1. The number of hydrogen-bond donors (Lipinski definition) is 5. The Balaban J connectivity index is 1.40. The van der Waals surface area contributed by atoms with Crippen LogP contribution in [0, 0.1) is 0 Å². The lowest BCUT2D eigenvalue weighted by Gasteiger charge is -2.21. The molecule has 0 bridgehead atoms. The second-order valence-electron chi connectivity index (χ2n) is 18.1. The number of allylic oxidation sites excluding steroid dienone is 3. The van der Waals surface area contributed by atoms with Crippen molar-refractivity contribution in [1.29, 1.82) is 0 Å². The summed E-state index contributed by atoms with van der Waals surface area (Å²) in [6, 6.07) is 1.25. The molecule has 0 amide bonds. The van der Waals surface area contributed by atoms with E-state index in [1.165, 1.54) is 51.0 Å². The molecule has 2 saturated heterocycles. The minimum absolute atomic E-state index is 0.0298. The number of aromatic nitrogens is 2. The van der Waals surface area contributed by atoms with Crippen molar-refractivity contribution in [2.24, 2.45) is 0 Å². The van der Waals surface area contributed by atoms with Crippen molar-refractivity contribution in [3.63, 3.8) is 0 Å². The summed E-state index contributed by atoms with van der Waals surface area (Å²) in [5, 5.41) is 20.9. The molecule has 1 aromatic heterocycles. The van der Waals surface area contributed by atoms with Gasteiger partial charge in [0, 0.05) is 19.0 Å². The van der Waals surface area contributed by atoms with Crippen molar-refractivity contribution in [3.05, 3.63) is 47.1 Å². The number of phosphoric ester groups is 2. The Morgan fingerprint density at radius 1 is 0.710 bits per heavy atom. The number of epoxide rings is 1. The average Bonchev–Trinajstić information content (AvgIpc) is 3.99. The van der Waals surface area contributed by atoms with Crippen LogP contribution in [0.15, 0.2) is 41.4 Å². The summed E-state index contributed by atoms with van der Waals surface area (Å²) in [4.78, 5) is 61.9. The third kappa shape index (κ3) is 27.0. The normalized spacial score (nSPS) is 22.5. The van der Waals surface area contributed by atoms with E-state index >= 15 is 0 Å². The van der Waals surface area contributed by atoms with Gasteiger partial charge in [0.1, 0.15) is 30.7 Å². The van der Waals surface area contributed by atoms with Gasteiger partial charge in [-0.15, -0.1) is 0 Å². The number of nitrogens with zero attached hydrogens (tertiary/aromatic N) is 2. The fourth-order valence-corrected chi connectivity index (χ4v) is 9.95. The molecule has 19 nitrogen and oxygen atoms in total. The second-order valence-corrected chi connectivity index (χ2v) is 21.1. The Kier molecular flexibility index (Phi) is 30.3. The number of aliphatic hydroxyl groups excluding tert-OH is 2. The van der Waals surface area contributed by atoms with Crippen LogP contribution in [0.3, 0.4) is 0 Å². The number of esters is 2. The number of nitrogen functional groups attached to an aromatic ring is 1. The Labute approximate surface area is 409 Å². The smallest absolute Gasteiger partial charge is 0.462 e. The van der Waals surface area contributed by atoms with E-state index < -0.39 is 83.7 Å². The molecule has 1 aromatic rings. The molecule has 2 fully saturated rings. The van der Waals surface area contributed by atoms with Crippen molar-refractivity contribution < 1.29 is 71.0 Å². The molecule has 2 aliphatic heterocycles. The molecule has 3 heterocycles. The molecular weight excluding hydrogens is 936 g/mol. The predicted molar refractivity (Wildman–Crippen MR) is 261 cm³/mol. The Bertz CT molecular complexity index is 1820. The monoisotopic (exact) mass is 1020 g/mol. The highest BCUT2D eigenvalue weighted by atomic mass is 31.3. The molecule has 396 valence electrons. The van der Waals surface area contributed by atoms with Crippen molar-refractivity contribution in [3.8, 4) is 0 Å². The highest BCUT2D eigenvalue weighted by Crippen LogP contribution is 2.60. The standard InChI is InChI=1S/C48H83N3O16P2/c1-3-5-7-8-9-10-11-12-13-14-15-16-20-23-27-31-43(52)61-35-38(64-44(53)32-28-24-21-18-17-19-22-26-30-40-39(65-40)29-25-6-4-2)36-62-68(57,58)67-69(59,60)63-37-41-45(54)46(55)47(66-41)51-34-33-42(49)50-48(51)56/h10-11,22,26,33-34,38-41,45-47,54-55H,3-9,12-21,23-25,27-32,35-37H2,1-2H3,(H,57,58)(H,59,60)(H2,49,50,56)/b11-10-,26-22-/t38-,39?,40?,41-,45-,46-,47-/m1/s1. The summed E-state index contributed by atoms with van der Waals surface area (Å²) >= 11 is 0. The zero-order valence-corrected chi connectivity index (χ0v) is 42.9. The molecule has 0 spiro atoms. The molecule has 0 saturated carbocycles. The highest BCUT2D eigenvalue weighted by Gasteiger charge is 2.46. The van der Waals surface area contributed by atoms with Crippen LogP contribution >= 0.6 is 15.6 Å². The van der Waals surface area contributed by atoms with Crippen LogP contribution < -0.4 is 11.4 Å². The van der Waals surface area contributed by atoms with Crippen LogP contribution in [0.1, 0.15) is 187 Å². The quantitative estimate of drug-likeness (QED) is 0.0134. The molecule has 0 aromatic carbocycles. The van der Waals surface area contributed by atoms with Crippen LogP contribution in [0.5, 0.6) is 0 Å². The fourth-order valence-electron chi connectivity index (χ4n) is 7.84. The van der Waals surface area contributed by atoms with Crippen LogP contribution in [0.25, 0.3) is 0 Å². The summed E-state index contributed by atoms with van der Waals surface area (Å²) in [7, 11) is -10.9. The van der Waals surface area contributed by atoms with Gasteiger partial charge in [-0.3, -0.25) is 23.2 Å². The molecule has 3 rings (SSSR count). The summed E-state index contributed by atoms with van der Waals surface area (Å²) in [5.41, 5.74) is 4.59. The zero-order chi connectivity index (χ0) is 50.3. The lowest BCUT2D eigenvalue weighted by molar-refractivity contribution is -0.161. The number of carbonyl (C=O) groups excluding carboxylic acids is 2. The first kappa shape index (κ1) is 60.5. The van der Waals surface area contributed by atoms with E-state index in [9.17, 15) is 43.5 Å². The number of nitrogens with two attached hydrogens (primary N) is 1. The van der Waals surface area contributed by atoms with Gasteiger partial charge in [-0.2, -0.15) is 9.29 Å². The summed E-state index contributed by atoms with van der Waals surface area (Å²) in [6.45, 7) is 2.10. The lowest BCUT2D eigenvalue weighted by Crippen LogP contribution is -2.36. The van der Waals surface area contributed by atoms with E-state index in [0.717, 1.165) is 107 Å². The van der Waals surface area contributed by atoms with Crippen molar-refractivity contribution in [2.45, 2.75) is 224 Å². The molecule has 2 aliphatic rings. The van der Waals surface area contributed by atoms with Crippen molar-refractivity contribution in [1.82, 2.24) is 9.55 Å². The van der Waals surface area contributed by atoms with Crippen LogP contribution in [-0.4, -0.2) is 97.9 Å². The molecule has 69 heavy (non-hydrogen) atoms. The first-order valence-electron chi connectivity index (χ1n) is 25.5. The summed E-state index contributed by atoms with van der Waals surface area (Å²) in [5.74, 6) is -1.32. The molecule has 21 heteroatoms. The number of rotatable bonds is 41. The van der Waals surface area contributed by atoms with Gasteiger partial charge in [0.05, 0.1) is 25.4 Å². The number of unbranched alkanes of at least 4 members (excludes halogenated alkanes) is 18. The maximum absolute atomic E-state index is 12.9. The maximum Gasteiger partial charge on any atom is 0.481 e. The van der Waals surface area contributed by atoms with E-state index in [1.807, 2.05) is 0 Å². The van der Waals surface area contributed by atoms with Crippen molar-refractivity contribution in [2.75, 3.05) is 25.6 Å². The summed E-state index contributed by atoms with van der Waals surface area (Å²) < 4.78 is 62.5. The van der Waals surface area contributed by atoms with E-state index in [2.05, 4.69) is 47.4 Å². The van der Waals surface area contributed by atoms with Crippen LogP contribution in [0.4, 0.5) is 5.82 Å². The van der Waals surface area contributed by atoms with Gasteiger partial charge >= 0.3 is 33.3 Å². The molecule has 4 unspecified atom stereocenters. The van der Waals surface area contributed by atoms with Gasteiger partial charge in [-0.1, -0.05) is 128 Å². The topological polar surface area (TPSA) is 278 Å². The molecule has 9 atom stereocenters. The molecule has 0 aliphatic carbocycles. The van der Waals surface area contributed by atoms with Crippen molar-refractivity contribution >= 4 is 33.4 Å². The molecule has 6 N–H and O–H groups in total. The average molecular weight is 1020 g/mol. The second kappa shape index (κ2) is 34.5. The first-order valence-corrected chi connectivity index (χ1v) is 28.5. The largest absolute Gasteiger partial charge is 0.481 e. The number of carbonyl (C=O) groups is 2. The highest BCUT2D eigenvalue weighted by molar-refractivity contribution is 7.61. The lowest BCUT2D eigenvalue weighted by atomic mass is 10.1. The van der Waals surface area contributed by atoms with E-state index in [1.54, 1.807) is 0 Å². The van der Waals surface area contributed by atoms with E-state index in [-0.39, 0.29) is 18.7 Å². The zero-order valence-electron chi connectivity index (χ0n) is 41.1. The van der Waals surface area contributed by atoms with Gasteiger partial charge in [0.15, 0.2) is 12.3 Å². The third-order valence-corrected chi connectivity index (χ3v) is 14.5. The SMILES string of the molecule is CCCCCC/C=C\CCCCCCCCCC(=O)OC[C@H](COP(=O)(O)OP(=O)(O)OC[C@H]1O[C@@H](n2ccc(N)nc2=O)[C@H](O)[C@@H]1O)OC(=O)CCCCCCC/C=C\CC1OC1CCCCC. The van der Waals surface area contributed by atoms with E-state index in [4.69, 9.17) is 33.7 Å². The Morgan fingerprint density at radius 3 is 1.88 bits per heavy atom. The minimum Gasteiger partial charge on any atom is -0.462 e. The summed E-state index contributed by atoms with van der Waals surface area (Å²) in [6.07, 6.45) is 28.5. The number of aliphatic hydroxyl groups is 2. The molecule has 0 radical (unpaired) electrons.